The smallest absolute Gasteiger partial charge is 0.0297 e. The average Bonchev–Trinajstić information content (AvgIpc) is 1.88. The molecule has 2 N–H and O–H groups in total. The van der Waals surface area contributed by atoms with Crippen LogP contribution < -0.4 is 5.73 Å². The van der Waals surface area contributed by atoms with Gasteiger partial charge in [-0.05, 0) is 7.05 Å². The van der Waals surface area contributed by atoms with E-state index in [1.807, 2.05) is 11.8 Å². The fraction of sp³-hybridized carbons (Fsp3) is 1.00. The Hall–Kier alpha value is 0.270. The molecule has 0 spiro atoms. The van der Waals surface area contributed by atoms with Gasteiger partial charge in [-0.1, -0.05) is 0 Å². The van der Waals surface area contributed by atoms with Crippen LogP contribution in [0.1, 0.15) is 0 Å². The van der Waals surface area contributed by atoms with E-state index in [4.69, 9.17) is 5.73 Å². The standard InChI is InChI=1S/C6H14N2S/c1-8-2-3-9-6(4-7)5-8/h6H,2-5,7H2,1H3. The quantitative estimate of drug-likeness (QED) is 0.564. The summed E-state index contributed by atoms with van der Waals surface area (Å²) in [6.07, 6.45) is 0. The molecule has 0 radical (unpaired) electrons. The number of rotatable bonds is 1. The van der Waals surface area contributed by atoms with Crippen molar-refractivity contribution in [1.29, 1.82) is 0 Å². The highest BCUT2D eigenvalue weighted by Crippen LogP contribution is 2.15. The Bertz CT molecular complexity index is 87.1. The lowest BCUT2D eigenvalue weighted by atomic mass is 10.4. The number of hydrogen-bond acceptors (Lipinski definition) is 3. The van der Waals surface area contributed by atoms with Gasteiger partial charge in [0, 0.05) is 30.6 Å². The first-order valence-corrected chi connectivity index (χ1v) is 4.38. The van der Waals surface area contributed by atoms with Gasteiger partial charge in [0.1, 0.15) is 0 Å². The van der Waals surface area contributed by atoms with Crippen molar-refractivity contribution in [3.8, 4) is 0 Å². The normalized spacial score (nSPS) is 30.7. The topological polar surface area (TPSA) is 29.3 Å². The van der Waals surface area contributed by atoms with Crippen molar-refractivity contribution in [3.05, 3.63) is 0 Å². The second kappa shape index (κ2) is 3.44. The Morgan fingerprint density at radius 3 is 3.00 bits per heavy atom. The molecule has 0 amide bonds. The predicted octanol–water partition coefficient (Wildman–Crippen LogP) is -0.00770. The molecule has 0 aromatic heterocycles. The lowest BCUT2D eigenvalue weighted by Crippen LogP contribution is -2.38. The molecule has 3 heteroatoms. The maximum atomic E-state index is 5.52. The average molecular weight is 146 g/mol. The third kappa shape index (κ3) is 2.16. The molecule has 54 valence electrons. The monoisotopic (exact) mass is 146 g/mol. The zero-order valence-electron chi connectivity index (χ0n) is 5.84. The lowest BCUT2D eigenvalue weighted by molar-refractivity contribution is 0.347. The second-order valence-electron chi connectivity index (χ2n) is 2.49. The molecule has 1 heterocycles. The van der Waals surface area contributed by atoms with Crippen LogP contribution in [0.25, 0.3) is 0 Å². The zero-order valence-corrected chi connectivity index (χ0v) is 6.66. The fourth-order valence-corrected chi connectivity index (χ4v) is 2.26. The molecule has 0 aromatic rings. The van der Waals surface area contributed by atoms with Crippen LogP contribution in [0.3, 0.4) is 0 Å². The highest BCUT2D eigenvalue weighted by atomic mass is 32.2. The summed E-state index contributed by atoms with van der Waals surface area (Å²) in [6.45, 7) is 3.22. The summed E-state index contributed by atoms with van der Waals surface area (Å²) in [5.74, 6) is 1.25. The van der Waals surface area contributed by atoms with E-state index in [1.54, 1.807) is 0 Å². The third-order valence-corrected chi connectivity index (χ3v) is 2.84. The summed E-state index contributed by atoms with van der Waals surface area (Å²) >= 11 is 2.00. The van der Waals surface area contributed by atoms with Crippen LogP contribution in [-0.2, 0) is 0 Å². The van der Waals surface area contributed by atoms with Crippen molar-refractivity contribution in [3.63, 3.8) is 0 Å². The summed E-state index contributed by atoms with van der Waals surface area (Å²) in [5, 5.41) is 0.684. The van der Waals surface area contributed by atoms with E-state index in [-0.39, 0.29) is 0 Å². The van der Waals surface area contributed by atoms with Gasteiger partial charge in [-0.2, -0.15) is 11.8 Å². The van der Waals surface area contributed by atoms with E-state index in [0.717, 1.165) is 6.54 Å². The molecule has 1 fully saturated rings. The van der Waals surface area contributed by atoms with Crippen molar-refractivity contribution in [2.45, 2.75) is 5.25 Å². The van der Waals surface area contributed by atoms with E-state index >= 15 is 0 Å². The maximum absolute atomic E-state index is 5.52. The molecule has 1 rings (SSSR count). The van der Waals surface area contributed by atoms with Crippen LogP contribution in [0.4, 0.5) is 0 Å². The molecule has 0 aliphatic carbocycles. The van der Waals surface area contributed by atoms with Gasteiger partial charge in [0.2, 0.25) is 0 Å². The maximum Gasteiger partial charge on any atom is 0.0297 e. The van der Waals surface area contributed by atoms with E-state index in [1.165, 1.54) is 18.8 Å². The first-order chi connectivity index (χ1) is 4.33. The molecule has 1 saturated heterocycles. The number of nitrogens with two attached hydrogens (primary N) is 1. The summed E-state index contributed by atoms with van der Waals surface area (Å²) in [4.78, 5) is 2.34. The SMILES string of the molecule is CN1CCSC(CN)C1. The van der Waals surface area contributed by atoms with Gasteiger partial charge in [-0.15, -0.1) is 0 Å². The van der Waals surface area contributed by atoms with Crippen LogP contribution in [0.5, 0.6) is 0 Å². The molecule has 0 saturated carbocycles. The van der Waals surface area contributed by atoms with Crippen molar-refractivity contribution in [1.82, 2.24) is 4.90 Å². The highest BCUT2D eigenvalue weighted by molar-refractivity contribution is 8.00. The van der Waals surface area contributed by atoms with Crippen molar-refractivity contribution >= 4 is 11.8 Å². The molecule has 1 atom stereocenters. The molecule has 1 aliphatic heterocycles. The molecule has 1 unspecified atom stereocenters. The van der Waals surface area contributed by atoms with Crippen LogP contribution in [0, 0.1) is 0 Å². The first-order valence-electron chi connectivity index (χ1n) is 3.33. The third-order valence-electron chi connectivity index (χ3n) is 1.60. The van der Waals surface area contributed by atoms with Crippen molar-refractivity contribution < 1.29 is 0 Å². The molecule has 9 heavy (non-hydrogen) atoms. The van der Waals surface area contributed by atoms with Crippen LogP contribution in [0.2, 0.25) is 0 Å². The van der Waals surface area contributed by atoms with Gasteiger partial charge in [-0.3, -0.25) is 0 Å². The number of nitrogens with zero attached hydrogens (tertiary/aromatic N) is 1. The van der Waals surface area contributed by atoms with Gasteiger partial charge in [0.25, 0.3) is 0 Å². The first kappa shape index (κ1) is 7.38. The van der Waals surface area contributed by atoms with Gasteiger partial charge < -0.3 is 10.6 Å². The van der Waals surface area contributed by atoms with Crippen molar-refractivity contribution in [2.24, 2.45) is 5.73 Å². The van der Waals surface area contributed by atoms with Crippen LogP contribution in [-0.4, -0.2) is 42.6 Å². The molecule has 2 nitrogen and oxygen atoms in total. The van der Waals surface area contributed by atoms with E-state index in [2.05, 4.69) is 11.9 Å². The molecular weight excluding hydrogens is 132 g/mol. The Balaban J connectivity index is 2.23. The van der Waals surface area contributed by atoms with Gasteiger partial charge in [0.15, 0.2) is 0 Å². The Morgan fingerprint density at radius 2 is 2.56 bits per heavy atom. The minimum absolute atomic E-state index is 0.684. The Labute approximate surface area is 60.8 Å². The minimum Gasteiger partial charge on any atom is -0.329 e. The second-order valence-corrected chi connectivity index (χ2v) is 3.90. The van der Waals surface area contributed by atoms with Gasteiger partial charge >= 0.3 is 0 Å². The Morgan fingerprint density at radius 1 is 1.78 bits per heavy atom. The summed E-state index contributed by atoms with van der Waals surface area (Å²) in [5.41, 5.74) is 5.52. The van der Waals surface area contributed by atoms with Crippen LogP contribution in [0.15, 0.2) is 0 Å². The summed E-state index contributed by atoms with van der Waals surface area (Å²) in [7, 11) is 2.16. The fourth-order valence-electron chi connectivity index (χ4n) is 1.01. The van der Waals surface area contributed by atoms with Gasteiger partial charge in [0.05, 0.1) is 0 Å². The van der Waals surface area contributed by atoms with E-state index in [9.17, 15) is 0 Å². The predicted molar refractivity (Wildman–Crippen MR) is 42.8 cm³/mol. The number of hydrogen-bond donors (Lipinski definition) is 1. The van der Waals surface area contributed by atoms with Gasteiger partial charge in [-0.25, -0.2) is 0 Å². The summed E-state index contributed by atoms with van der Waals surface area (Å²) in [6, 6.07) is 0. The molecule has 0 bridgehead atoms. The van der Waals surface area contributed by atoms with E-state index in [0.29, 0.717) is 5.25 Å². The molecule has 1 aliphatic rings. The van der Waals surface area contributed by atoms with E-state index < -0.39 is 0 Å². The van der Waals surface area contributed by atoms with Crippen molar-refractivity contribution in [2.75, 3.05) is 32.4 Å². The largest absolute Gasteiger partial charge is 0.329 e. The Kier molecular flexibility index (Phi) is 2.82. The highest BCUT2D eigenvalue weighted by Gasteiger charge is 2.14. The number of thioether (sulfide) groups is 1. The lowest BCUT2D eigenvalue weighted by Gasteiger charge is -2.28. The molecular formula is C6H14N2S. The molecule has 0 aromatic carbocycles. The summed E-state index contributed by atoms with van der Waals surface area (Å²) < 4.78 is 0. The van der Waals surface area contributed by atoms with Crippen LogP contribution >= 0.6 is 11.8 Å². The zero-order chi connectivity index (χ0) is 6.69. The minimum atomic E-state index is 0.684.